The maximum atomic E-state index is 13.4. The molecule has 100 valence electrons. The van der Waals surface area contributed by atoms with Gasteiger partial charge < -0.3 is 10.0 Å². The Morgan fingerprint density at radius 2 is 2.00 bits per heavy atom. The number of halogens is 1. The van der Waals surface area contributed by atoms with Crippen LogP contribution in [0.15, 0.2) is 24.3 Å². The maximum Gasteiger partial charge on any atom is 0.167 e. The number of aliphatic hydroxyl groups is 1. The van der Waals surface area contributed by atoms with E-state index in [0.29, 0.717) is 13.1 Å². The normalized spacial score (nSPS) is 10.9. The first-order valence-corrected chi connectivity index (χ1v) is 6.30. The molecule has 0 unspecified atom stereocenters. The molecule has 3 nitrogen and oxygen atoms in total. The molecule has 0 aliphatic heterocycles. The second-order valence-electron chi connectivity index (χ2n) is 4.22. The summed E-state index contributed by atoms with van der Waals surface area (Å²) in [7, 11) is 0. The van der Waals surface area contributed by atoms with Crippen LogP contribution in [0.1, 0.15) is 30.1 Å². The average molecular weight is 253 g/mol. The Hall–Kier alpha value is -1.26. The second kappa shape index (κ2) is 7.95. The Morgan fingerprint density at radius 1 is 1.28 bits per heavy atom. The SMILES string of the molecule is CCCN(CCO)CCC(=O)c1ccccc1F. The van der Waals surface area contributed by atoms with Gasteiger partial charge >= 0.3 is 0 Å². The summed E-state index contributed by atoms with van der Waals surface area (Å²) in [5.74, 6) is -0.654. The van der Waals surface area contributed by atoms with Gasteiger partial charge in [0.15, 0.2) is 5.78 Å². The van der Waals surface area contributed by atoms with E-state index in [1.165, 1.54) is 12.1 Å². The lowest BCUT2D eigenvalue weighted by molar-refractivity contribution is 0.0953. The van der Waals surface area contributed by atoms with E-state index in [9.17, 15) is 9.18 Å². The number of hydrogen-bond acceptors (Lipinski definition) is 3. The van der Waals surface area contributed by atoms with Crippen LogP contribution in [0.2, 0.25) is 0 Å². The van der Waals surface area contributed by atoms with E-state index in [0.717, 1.165) is 13.0 Å². The molecule has 0 saturated heterocycles. The molecule has 0 aromatic heterocycles. The van der Waals surface area contributed by atoms with Crippen molar-refractivity contribution < 1.29 is 14.3 Å². The third-order valence-electron chi connectivity index (χ3n) is 2.79. The van der Waals surface area contributed by atoms with Crippen LogP contribution in [0, 0.1) is 5.82 Å². The van der Waals surface area contributed by atoms with Crippen molar-refractivity contribution >= 4 is 5.78 Å². The number of ketones is 1. The van der Waals surface area contributed by atoms with Crippen molar-refractivity contribution in [2.24, 2.45) is 0 Å². The molecule has 1 N–H and O–H groups in total. The largest absolute Gasteiger partial charge is 0.395 e. The van der Waals surface area contributed by atoms with E-state index < -0.39 is 5.82 Å². The Bertz CT molecular complexity index is 376. The van der Waals surface area contributed by atoms with Crippen LogP contribution >= 0.6 is 0 Å². The van der Waals surface area contributed by atoms with Crippen LogP contribution in [-0.4, -0.2) is 42.0 Å². The molecule has 1 rings (SSSR count). The van der Waals surface area contributed by atoms with Gasteiger partial charge in [0, 0.05) is 19.5 Å². The van der Waals surface area contributed by atoms with Crippen LogP contribution in [0.25, 0.3) is 0 Å². The molecule has 0 radical (unpaired) electrons. The number of benzene rings is 1. The summed E-state index contributed by atoms with van der Waals surface area (Å²) in [5, 5.41) is 8.90. The predicted molar refractivity (Wildman–Crippen MR) is 69.2 cm³/mol. The first-order chi connectivity index (χ1) is 8.69. The van der Waals surface area contributed by atoms with E-state index in [1.807, 2.05) is 11.8 Å². The molecular formula is C14H20FNO2. The topological polar surface area (TPSA) is 40.5 Å². The highest BCUT2D eigenvalue weighted by Crippen LogP contribution is 2.09. The van der Waals surface area contributed by atoms with Crippen LogP contribution in [0.4, 0.5) is 4.39 Å². The molecule has 0 amide bonds. The minimum Gasteiger partial charge on any atom is -0.395 e. The third-order valence-corrected chi connectivity index (χ3v) is 2.79. The van der Waals surface area contributed by atoms with Crippen molar-refractivity contribution in [1.82, 2.24) is 4.90 Å². The van der Waals surface area contributed by atoms with Crippen molar-refractivity contribution in [2.75, 3.05) is 26.2 Å². The highest BCUT2D eigenvalue weighted by molar-refractivity contribution is 5.96. The smallest absolute Gasteiger partial charge is 0.167 e. The number of carbonyl (C=O) groups excluding carboxylic acids is 1. The number of carbonyl (C=O) groups is 1. The summed E-state index contributed by atoms with van der Waals surface area (Å²) in [4.78, 5) is 13.9. The molecule has 4 heteroatoms. The maximum absolute atomic E-state index is 13.4. The van der Waals surface area contributed by atoms with Gasteiger partial charge in [-0.3, -0.25) is 4.79 Å². The molecular weight excluding hydrogens is 233 g/mol. The highest BCUT2D eigenvalue weighted by Gasteiger charge is 2.12. The van der Waals surface area contributed by atoms with Crippen molar-refractivity contribution in [1.29, 1.82) is 0 Å². The van der Waals surface area contributed by atoms with Crippen molar-refractivity contribution in [3.8, 4) is 0 Å². The van der Waals surface area contributed by atoms with Gasteiger partial charge in [0.25, 0.3) is 0 Å². The van der Waals surface area contributed by atoms with Gasteiger partial charge in [0.05, 0.1) is 12.2 Å². The van der Waals surface area contributed by atoms with Crippen LogP contribution in [0.3, 0.4) is 0 Å². The van der Waals surface area contributed by atoms with Crippen molar-refractivity contribution in [2.45, 2.75) is 19.8 Å². The third kappa shape index (κ3) is 4.55. The predicted octanol–water partition coefficient (Wildman–Crippen LogP) is 2.10. The fraction of sp³-hybridized carbons (Fsp3) is 0.500. The van der Waals surface area contributed by atoms with Crippen molar-refractivity contribution in [3.63, 3.8) is 0 Å². The van der Waals surface area contributed by atoms with Gasteiger partial charge in [-0.1, -0.05) is 19.1 Å². The first-order valence-electron chi connectivity index (χ1n) is 6.30. The summed E-state index contributed by atoms with van der Waals surface area (Å²) < 4.78 is 13.4. The van der Waals surface area contributed by atoms with Crippen molar-refractivity contribution in [3.05, 3.63) is 35.6 Å². The van der Waals surface area contributed by atoms with E-state index >= 15 is 0 Å². The number of Topliss-reactive ketones (excluding diaryl/α,β-unsaturated/α-hetero) is 1. The Morgan fingerprint density at radius 3 is 2.61 bits per heavy atom. The van der Waals surface area contributed by atoms with Gasteiger partial charge in [-0.05, 0) is 25.1 Å². The standard InChI is InChI=1S/C14H20FNO2/c1-2-8-16(10-11-17)9-7-14(18)12-5-3-4-6-13(12)15/h3-6,17H,2,7-11H2,1H3. The molecule has 0 bridgehead atoms. The summed E-state index contributed by atoms with van der Waals surface area (Å²) in [6.07, 6.45) is 1.24. The summed E-state index contributed by atoms with van der Waals surface area (Å²) in [5.41, 5.74) is 0.151. The zero-order chi connectivity index (χ0) is 13.4. The lowest BCUT2D eigenvalue weighted by atomic mass is 10.1. The van der Waals surface area contributed by atoms with Gasteiger partial charge in [-0.15, -0.1) is 0 Å². The zero-order valence-electron chi connectivity index (χ0n) is 10.7. The molecule has 1 aromatic carbocycles. The van der Waals surface area contributed by atoms with Gasteiger partial charge in [0.1, 0.15) is 5.82 Å². The molecule has 0 heterocycles. The molecule has 18 heavy (non-hydrogen) atoms. The summed E-state index contributed by atoms with van der Waals surface area (Å²) in [6.45, 7) is 4.07. The number of nitrogens with zero attached hydrogens (tertiary/aromatic N) is 1. The fourth-order valence-electron chi connectivity index (χ4n) is 1.87. The molecule has 1 aromatic rings. The molecule has 0 spiro atoms. The Labute approximate surface area is 107 Å². The Kier molecular flexibility index (Phi) is 6.54. The lowest BCUT2D eigenvalue weighted by Crippen LogP contribution is -2.30. The van der Waals surface area contributed by atoms with E-state index in [4.69, 9.17) is 5.11 Å². The molecule has 0 atom stereocenters. The van der Waals surface area contributed by atoms with E-state index in [-0.39, 0.29) is 24.4 Å². The van der Waals surface area contributed by atoms with Crippen LogP contribution in [-0.2, 0) is 0 Å². The van der Waals surface area contributed by atoms with Gasteiger partial charge in [0.2, 0.25) is 0 Å². The molecule has 0 aliphatic carbocycles. The van der Waals surface area contributed by atoms with E-state index in [1.54, 1.807) is 12.1 Å². The lowest BCUT2D eigenvalue weighted by Gasteiger charge is -2.19. The van der Waals surface area contributed by atoms with Crippen LogP contribution < -0.4 is 0 Å². The minimum atomic E-state index is -0.466. The number of hydrogen-bond donors (Lipinski definition) is 1. The van der Waals surface area contributed by atoms with Gasteiger partial charge in [-0.2, -0.15) is 0 Å². The Balaban J connectivity index is 2.52. The van der Waals surface area contributed by atoms with Crippen LogP contribution in [0.5, 0.6) is 0 Å². The quantitative estimate of drug-likeness (QED) is 0.721. The van der Waals surface area contributed by atoms with E-state index in [2.05, 4.69) is 0 Å². The van der Waals surface area contributed by atoms with Gasteiger partial charge in [-0.25, -0.2) is 4.39 Å². The fourth-order valence-corrected chi connectivity index (χ4v) is 1.87. The molecule has 0 aliphatic rings. The minimum absolute atomic E-state index is 0.0773. The molecule has 0 fully saturated rings. The molecule has 0 saturated carbocycles. The monoisotopic (exact) mass is 253 g/mol. The summed E-state index contributed by atoms with van der Waals surface area (Å²) >= 11 is 0. The summed E-state index contributed by atoms with van der Waals surface area (Å²) in [6, 6.07) is 6.04. The zero-order valence-corrected chi connectivity index (χ0v) is 10.7. The average Bonchev–Trinajstić information content (AvgIpc) is 2.36. The second-order valence-corrected chi connectivity index (χ2v) is 4.22. The first kappa shape index (κ1) is 14.8. The number of aliphatic hydroxyl groups excluding tert-OH is 1. The highest BCUT2D eigenvalue weighted by atomic mass is 19.1. The number of rotatable bonds is 8.